The van der Waals surface area contributed by atoms with Crippen LogP contribution in [0.3, 0.4) is 0 Å². The molecule has 7 heteroatoms. The first-order valence-corrected chi connectivity index (χ1v) is 7.83. The lowest BCUT2D eigenvalue weighted by atomic mass is 9.78. The van der Waals surface area contributed by atoms with Gasteiger partial charge in [0.2, 0.25) is 5.82 Å². The zero-order valence-electron chi connectivity index (χ0n) is 13.6. The van der Waals surface area contributed by atoms with E-state index in [9.17, 15) is 32.2 Å². The predicted octanol–water partition coefficient (Wildman–Crippen LogP) is 4.35. The highest BCUT2D eigenvalue weighted by molar-refractivity contribution is 5.41. The van der Waals surface area contributed by atoms with Crippen LogP contribution >= 0.6 is 0 Å². The Kier molecular flexibility index (Phi) is 4.99. The summed E-state index contributed by atoms with van der Waals surface area (Å²) in [5.74, 6) is -11.2. The molecular weight excluding hydrogens is 367 g/mol. The van der Waals surface area contributed by atoms with Gasteiger partial charge in [0.15, 0.2) is 23.3 Å². The monoisotopic (exact) mass is 380 g/mol. The molecule has 3 rings (SSSR count). The maximum absolute atomic E-state index is 14.2. The maximum atomic E-state index is 14.2. The second kappa shape index (κ2) is 7.09. The second-order valence-corrected chi connectivity index (χ2v) is 5.88. The van der Waals surface area contributed by atoms with Crippen molar-refractivity contribution in [3.8, 4) is 0 Å². The van der Waals surface area contributed by atoms with Crippen LogP contribution in [0.5, 0.6) is 0 Å². The van der Waals surface area contributed by atoms with Crippen molar-refractivity contribution in [2.75, 3.05) is 0 Å². The molecule has 0 aliphatic carbocycles. The first-order chi connectivity index (χ1) is 12.8. The van der Waals surface area contributed by atoms with E-state index in [-0.39, 0.29) is 11.1 Å². The summed E-state index contributed by atoms with van der Waals surface area (Å²) in [7, 11) is 0. The summed E-state index contributed by atoms with van der Waals surface area (Å²) in [6.07, 6.45) is -2.48. The Morgan fingerprint density at radius 2 is 0.926 bits per heavy atom. The van der Waals surface area contributed by atoms with Crippen LogP contribution in [-0.4, -0.2) is 10.2 Å². The van der Waals surface area contributed by atoms with E-state index in [2.05, 4.69) is 0 Å². The zero-order valence-corrected chi connectivity index (χ0v) is 13.6. The molecule has 0 radical (unpaired) electrons. The standard InChI is InChI=1S/C20H13F5O2/c21-14-13(15(22)17(24)18(25)16(14)23)19(26)20(27,11-7-3-1-4-8-11)12-9-5-2-6-10-12/h1-10,19,26-27H. The van der Waals surface area contributed by atoms with Crippen molar-refractivity contribution in [1.82, 2.24) is 0 Å². The maximum Gasteiger partial charge on any atom is 0.200 e. The molecule has 0 heterocycles. The van der Waals surface area contributed by atoms with Crippen LogP contribution in [0.25, 0.3) is 0 Å². The first kappa shape index (κ1) is 19.0. The van der Waals surface area contributed by atoms with Gasteiger partial charge in [0.25, 0.3) is 0 Å². The van der Waals surface area contributed by atoms with Gasteiger partial charge >= 0.3 is 0 Å². The van der Waals surface area contributed by atoms with Crippen LogP contribution < -0.4 is 0 Å². The largest absolute Gasteiger partial charge is 0.384 e. The van der Waals surface area contributed by atoms with Gasteiger partial charge in [-0.3, -0.25) is 0 Å². The van der Waals surface area contributed by atoms with Crippen molar-refractivity contribution < 1.29 is 32.2 Å². The third-order valence-corrected chi connectivity index (χ3v) is 4.34. The summed E-state index contributed by atoms with van der Waals surface area (Å²) in [5, 5.41) is 21.9. The number of halogens is 5. The molecular formula is C20H13F5O2. The van der Waals surface area contributed by atoms with Crippen LogP contribution in [0.1, 0.15) is 22.8 Å². The van der Waals surface area contributed by atoms with Crippen LogP contribution in [0.2, 0.25) is 0 Å². The molecule has 2 N–H and O–H groups in total. The van der Waals surface area contributed by atoms with E-state index in [4.69, 9.17) is 0 Å². The van der Waals surface area contributed by atoms with Gasteiger partial charge in [-0.25, -0.2) is 22.0 Å². The third kappa shape index (κ3) is 2.98. The fourth-order valence-electron chi connectivity index (χ4n) is 2.94. The van der Waals surface area contributed by atoms with E-state index >= 15 is 0 Å². The fraction of sp³-hybridized carbons (Fsp3) is 0.100. The topological polar surface area (TPSA) is 40.5 Å². The molecule has 0 spiro atoms. The van der Waals surface area contributed by atoms with Crippen LogP contribution in [0.15, 0.2) is 60.7 Å². The van der Waals surface area contributed by atoms with Crippen LogP contribution in [0, 0.1) is 29.1 Å². The van der Waals surface area contributed by atoms with Crippen molar-refractivity contribution in [1.29, 1.82) is 0 Å². The molecule has 0 saturated carbocycles. The molecule has 0 fully saturated rings. The van der Waals surface area contributed by atoms with Crippen molar-refractivity contribution in [3.05, 3.63) is 106 Å². The minimum atomic E-state index is -2.48. The fourth-order valence-corrected chi connectivity index (χ4v) is 2.94. The highest BCUT2D eigenvalue weighted by Gasteiger charge is 2.44. The molecule has 0 amide bonds. The smallest absolute Gasteiger partial charge is 0.200 e. The van der Waals surface area contributed by atoms with Gasteiger partial charge in [-0.1, -0.05) is 60.7 Å². The van der Waals surface area contributed by atoms with Gasteiger partial charge in [0.1, 0.15) is 11.7 Å². The number of hydrogen-bond donors (Lipinski definition) is 2. The van der Waals surface area contributed by atoms with Crippen molar-refractivity contribution >= 4 is 0 Å². The Hall–Kier alpha value is -2.77. The van der Waals surface area contributed by atoms with Crippen molar-refractivity contribution in [3.63, 3.8) is 0 Å². The van der Waals surface area contributed by atoms with Crippen LogP contribution in [0.4, 0.5) is 22.0 Å². The number of benzene rings is 3. The molecule has 0 bridgehead atoms. The van der Waals surface area contributed by atoms with Gasteiger partial charge in [-0.15, -0.1) is 0 Å². The average molecular weight is 380 g/mol. The van der Waals surface area contributed by atoms with Gasteiger partial charge in [-0.05, 0) is 11.1 Å². The van der Waals surface area contributed by atoms with E-state index in [0.29, 0.717) is 0 Å². The van der Waals surface area contributed by atoms with Crippen molar-refractivity contribution in [2.24, 2.45) is 0 Å². The lowest BCUT2D eigenvalue weighted by Crippen LogP contribution is -2.36. The Morgan fingerprint density at radius 1 is 0.593 bits per heavy atom. The Bertz CT molecular complexity index is 893. The summed E-state index contributed by atoms with van der Waals surface area (Å²) in [5.41, 5.74) is -3.97. The molecule has 3 aromatic rings. The van der Waals surface area contributed by atoms with E-state index in [0.717, 1.165) is 0 Å². The molecule has 3 aromatic carbocycles. The first-order valence-electron chi connectivity index (χ1n) is 7.83. The van der Waals surface area contributed by atoms with Crippen molar-refractivity contribution in [2.45, 2.75) is 11.7 Å². The molecule has 27 heavy (non-hydrogen) atoms. The Labute approximate surface area is 151 Å². The lowest BCUT2D eigenvalue weighted by molar-refractivity contribution is -0.0557. The van der Waals surface area contributed by atoms with Gasteiger partial charge < -0.3 is 10.2 Å². The van der Waals surface area contributed by atoms with Crippen LogP contribution in [-0.2, 0) is 5.60 Å². The molecule has 0 aliphatic rings. The molecule has 0 aromatic heterocycles. The highest BCUT2D eigenvalue weighted by atomic mass is 19.2. The van der Waals surface area contributed by atoms with Gasteiger partial charge in [0.05, 0.1) is 5.56 Å². The SMILES string of the molecule is OC(c1c(F)c(F)c(F)c(F)c1F)C(O)(c1ccccc1)c1ccccc1. The molecule has 0 saturated heterocycles. The Morgan fingerprint density at radius 3 is 1.30 bits per heavy atom. The predicted molar refractivity (Wildman–Crippen MR) is 87.1 cm³/mol. The van der Waals surface area contributed by atoms with E-state index in [1.165, 1.54) is 48.5 Å². The number of hydrogen-bond acceptors (Lipinski definition) is 2. The summed E-state index contributed by atoms with van der Waals surface area (Å²) in [6.45, 7) is 0. The zero-order chi connectivity index (χ0) is 19.8. The molecule has 1 atom stereocenters. The molecule has 140 valence electrons. The molecule has 1 unspecified atom stereocenters. The number of aliphatic hydroxyl groups excluding tert-OH is 1. The van der Waals surface area contributed by atoms with E-state index in [1.807, 2.05) is 0 Å². The number of aliphatic hydroxyl groups is 2. The van der Waals surface area contributed by atoms with Gasteiger partial charge in [-0.2, -0.15) is 0 Å². The summed E-state index contributed by atoms with van der Waals surface area (Å²) < 4.78 is 69.0. The lowest BCUT2D eigenvalue weighted by Gasteiger charge is -2.34. The third-order valence-electron chi connectivity index (χ3n) is 4.34. The minimum absolute atomic E-state index is 0.00708. The van der Waals surface area contributed by atoms with E-state index in [1.54, 1.807) is 12.1 Å². The minimum Gasteiger partial charge on any atom is -0.384 e. The summed E-state index contributed by atoms with van der Waals surface area (Å²) in [4.78, 5) is 0. The summed E-state index contributed by atoms with van der Waals surface area (Å²) in [6, 6.07) is 14.6. The number of rotatable bonds is 4. The quantitative estimate of drug-likeness (QED) is 0.401. The Balaban J connectivity index is 2.30. The second-order valence-electron chi connectivity index (χ2n) is 5.88. The average Bonchev–Trinajstić information content (AvgIpc) is 2.71. The molecule has 0 aliphatic heterocycles. The summed E-state index contributed by atoms with van der Waals surface area (Å²) >= 11 is 0. The normalized spacial score (nSPS) is 12.9. The molecule has 2 nitrogen and oxygen atoms in total. The van der Waals surface area contributed by atoms with E-state index < -0.39 is 46.4 Å². The highest BCUT2D eigenvalue weighted by Crippen LogP contribution is 2.43. The van der Waals surface area contributed by atoms with Gasteiger partial charge in [0, 0.05) is 0 Å².